The third-order valence-electron chi connectivity index (χ3n) is 4.82. The number of ether oxygens (including phenoxy) is 5. The molecule has 6 nitrogen and oxygen atoms in total. The molecule has 146 valence electrons. The Bertz CT molecular complexity index is 1010. The van der Waals surface area contributed by atoms with Gasteiger partial charge >= 0.3 is 0 Å². The highest BCUT2D eigenvalue weighted by molar-refractivity contribution is 5.87. The van der Waals surface area contributed by atoms with Crippen LogP contribution in [0.15, 0.2) is 48.5 Å². The lowest BCUT2D eigenvalue weighted by molar-refractivity contribution is 0.0506. The third-order valence-corrected chi connectivity index (χ3v) is 4.82. The summed E-state index contributed by atoms with van der Waals surface area (Å²) in [5.41, 5.74) is 0.204. The minimum absolute atomic E-state index is 0.140. The summed E-state index contributed by atoms with van der Waals surface area (Å²) < 4.78 is 27.0. The molecule has 6 heteroatoms. The van der Waals surface area contributed by atoms with Crippen molar-refractivity contribution >= 4 is 10.8 Å². The third kappa shape index (κ3) is 3.26. The maximum Gasteiger partial charge on any atom is 0.188 e. The first-order valence-electron chi connectivity index (χ1n) is 8.89. The van der Waals surface area contributed by atoms with Crippen LogP contribution in [-0.4, -0.2) is 32.9 Å². The molecule has 0 radical (unpaired) electrons. The van der Waals surface area contributed by atoms with Crippen molar-refractivity contribution in [3.63, 3.8) is 0 Å². The fourth-order valence-corrected chi connectivity index (χ4v) is 3.41. The van der Waals surface area contributed by atoms with Gasteiger partial charge in [0.25, 0.3) is 0 Å². The van der Waals surface area contributed by atoms with Gasteiger partial charge in [0, 0.05) is 31.4 Å². The van der Waals surface area contributed by atoms with Gasteiger partial charge in [-0.2, -0.15) is 0 Å². The molecule has 1 aliphatic rings. The molecule has 1 aliphatic heterocycles. The van der Waals surface area contributed by atoms with E-state index in [0.717, 1.165) is 10.8 Å². The number of benzene rings is 3. The second-order valence-corrected chi connectivity index (χ2v) is 6.79. The van der Waals surface area contributed by atoms with Crippen LogP contribution in [0.3, 0.4) is 0 Å². The average molecular weight is 382 g/mol. The summed E-state index contributed by atoms with van der Waals surface area (Å²) in [4.78, 5) is 0. The van der Waals surface area contributed by atoms with E-state index in [2.05, 4.69) is 0 Å². The van der Waals surface area contributed by atoms with Gasteiger partial charge in [0.05, 0.1) is 0 Å². The van der Waals surface area contributed by atoms with Crippen LogP contribution in [0.2, 0.25) is 0 Å². The Morgan fingerprint density at radius 2 is 1.43 bits per heavy atom. The number of aliphatic hydroxyl groups is 1. The summed E-state index contributed by atoms with van der Waals surface area (Å²) in [6.45, 7) is 2.09. The first-order valence-corrected chi connectivity index (χ1v) is 8.89. The predicted molar refractivity (Wildman–Crippen MR) is 104 cm³/mol. The Morgan fingerprint density at radius 3 is 2.14 bits per heavy atom. The van der Waals surface area contributed by atoms with Crippen LogP contribution < -0.4 is 14.2 Å². The minimum Gasteiger partial charge on any atom is -0.468 e. The molecule has 0 saturated carbocycles. The average Bonchev–Trinajstić information content (AvgIpc) is 2.69. The molecule has 0 aliphatic carbocycles. The molecule has 3 aromatic rings. The van der Waals surface area contributed by atoms with Gasteiger partial charge in [-0.15, -0.1) is 0 Å². The van der Waals surface area contributed by atoms with Crippen molar-refractivity contribution in [1.82, 2.24) is 0 Å². The number of fused-ring (bicyclic) bond motifs is 3. The summed E-state index contributed by atoms with van der Waals surface area (Å²) in [6, 6.07) is 15.0. The highest BCUT2D eigenvalue weighted by Crippen LogP contribution is 2.48. The predicted octanol–water partition coefficient (Wildman–Crippen LogP) is 4.17. The van der Waals surface area contributed by atoms with Crippen molar-refractivity contribution in [2.75, 3.05) is 27.8 Å². The number of methoxy groups -OCH3 is 2. The Hall–Kier alpha value is -2.80. The largest absolute Gasteiger partial charge is 0.468 e. The normalized spacial score (nSPS) is 17.6. The van der Waals surface area contributed by atoms with Crippen molar-refractivity contribution in [3.8, 4) is 23.0 Å². The van der Waals surface area contributed by atoms with E-state index in [4.69, 9.17) is 23.7 Å². The summed E-state index contributed by atoms with van der Waals surface area (Å²) in [5, 5.41) is 13.2. The van der Waals surface area contributed by atoms with Crippen LogP contribution in [0.25, 0.3) is 10.8 Å². The lowest BCUT2D eigenvalue weighted by atomic mass is 9.84. The van der Waals surface area contributed by atoms with Gasteiger partial charge in [-0.05, 0) is 54.1 Å². The van der Waals surface area contributed by atoms with Gasteiger partial charge in [-0.1, -0.05) is 6.07 Å². The van der Waals surface area contributed by atoms with E-state index in [9.17, 15) is 5.11 Å². The maximum absolute atomic E-state index is 11.3. The molecule has 0 amide bonds. The highest BCUT2D eigenvalue weighted by atomic mass is 16.7. The zero-order valence-electron chi connectivity index (χ0n) is 16.0. The van der Waals surface area contributed by atoms with Crippen molar-refractivity contribution in [2.24, 2.45) is 0 Å². The molecule has 0 bridgehead atoms. The van der Waals surface area contributed by atoms with Gasteiger partial charge in [-0.25, -0.2) is 0 Å². The monoisotopic (exact) mass is 382 g/mol. The topological polar surface area (TPSA) is 66.4 Å². The molecule has 1 unspecified atom stereocenters. The van der Waals surface area contributed by atoms with E-state index in [1.54, 1.807) is 33.3 Å². The van der Waals surface area contributed by atoms with Crippen molar-refractivity contribution in [2.45, 2.75) is 12.5 Å². The van der Waals surface area contributed by atoms with E-state index < -0.39 is 5.60 Å². The highest BCUT2D eigenvalue weighted by Gasteiger charge is 2.37. The van der Waals surface area contributed by atoms with Crippen LogP contribution in [-0.2, 0) is 15.1 Å². The molecule has 28 heavy (non-hydrogen) atoms. The summed E-state index contributed by atoms with van der Waals surface area (Å²) in [7, 11) is 3.14. The van der Waals surface area contributed by atoms with Gasteiger partial charge in [0.15, 0.2) is 13.6 Å². The van der Waals surface area contributed by atoms with Crippen LogP contribution >= 0.6 is 0 Å². The van der Waals surface area contributed by atoms with Crippen LogP contribution in [0.4, 0.5) is 0 Å². The van der Waals surface area contributed by atoms with E-state index in [1.165, 1.54) is 0 Å². The van der Waals surface area contributed by atoms with Gasteiger partial charge in [-0.3, -0.25) is 0 Å². The van der Waals surface area contributed by atoms with Crippen molar-refractivity contribution in [1.29, 1.82) is 0 Å². The lowest BCUT2D eigenvalue weighted by Gasteiger charge is -2.33. The first kappa shape index (κ1) is 18.6. The molecule has 0 aromatic heterocycles. The summed E-state index contributed by atoms with van der Waals surface area (Å²) in [6.07, 6.45) is 0. The molecule has 0 saturated heterocycles. The second kappa shape index (κ2) is 7.31. The number of hydrogen-bond donors (Lipinski definition) is 1. The van der Waals surface area contributed by atoms with Gasteiger partial charge in [0.2, 0.25) is 0 Å². The van der Waals surface area contributed by atoms with Crippen molar-refractivity contribution in [3.05, 3.63) is 59.7 Å². The summed E-state index contributed by atoms with van der Waals surface area (Å²) >= 11 is 0. The molecular formula is C22H22O6. The molecule has 0 fully saturated rings. The van der Waals surface area contributed by atoms with E-state index in [-0.39, 0.29) is 13.6 Å². The fourth-order valence-electron chi connectivity index (χ4n) is 3.41. The Morgan fingerprint density at radius 1 is 0.786 bits per heavy atom. The van der Waals surface area contributed by atoms with Crippen LogP contribution in [0.5, 0.6) is 23.0 Å². The SMILES string of the molecule is COCOc1ccc2c(c1)Oc1cc3cc(OCOC)ccc3cc1C2(C)O. The number of hydrogen-bond acceptors (Lipinski definition) is 6. The van der Waals surface area contributed by atoms with E-state index >= 15 is 0 Å². The maximum atomic E-state index is 11.3. The smallest absolute Gasteiger partial charge is 0.188 e. The quantitative estimate of drug-likeness (QED) is 0.646. The Balaban J connectivity index is 1.76. The molecule has 3 aromatic carbocycles. The fraction of sp³-hybridized carbons (Fsp3) is 0.273. The zero-order valence-corrected chi connectivity index (χ0v) is 16.0. The van der Waals surface area contributed by atoms with Gasteiger partial charge in [0.1, 0.15) is 28.6 Å². The van der Waals surface area contributed by atoms with Crippen LogP contribution in [0, 0.1) is 0 Å². The van der Waals surface area contributed by atoms with E-state index in [0.29, 0.717) is 34.1 Å². The Labute approximate surface area is 163 Å². The van der Waals surface area contributed by atoms with Crippen molar-refractivity contribution < 1.29 is 28.8 Å². The lowest BCUT2D eigenvalue weighted by Crippen LogP contribution is -2.27. The second-order valence-electron chi connectivity index (χ2n) is 6.79. The standard InChI is InChI=1S/C22H22O6/c1-22(23)18-7-6-17(27-13-25-3)11-21(18)28-20-10-15-8-16(26-12-24-2)5-4-14(15)9-19(20)22/h4-11,23H,12-13H2,1-3H3. The van der Waals surface area contributed by atoms with E-state index in [1.807, 2.05) is 36.4 Å². The number of rotatable bonds is 6. The molecular weight excluding hydrogens is 360 g/mol. The Kier molecular flexibility index (Phi) is 4.85. The first-order chi connectivity index (χ1) is 13.5. The summed E-state index contributed by atoms with van der Waals surface area (Å²) in [5.74, 6) is 2.46. The molecule has 1 heterocycles. The molecule has 4 rings (SSSR count). The molecule has 1 atom stereocenters. The molecule has 1 N–H and O–H groups in total. The zero-order chi connectivity index (χ0) is 19.7. The minimum atomic E-state index is -1.19. The van der Waals surface area contributed by atoms with Gasteiger partial charge < -0.3 is 28.8 Å². The van der Waals surface area contributed by atoms with Crippen LogP contribution in [0.1, 0.15) is 18.1 Å². The molecule has 0 spiro atoms.